The summed E-state index contributed by atoms with van der Waals surface area (Å²) in [5, 5.41) is 9.14. The maximum atomic E-state index is 12.6. The van der Waals surface area contributed by atoms with Gasteiger partial charge in [-0.3, -0.25) is 0 Å². The summed E-state index contributed by atoms with van der Waals surface area (Å²) in [4.78, 5) is 12.4. The smallest absolute Gasteiger partial charge is 0.347 e. The van der Waals surface area contributed by atoms with Gasteiger partial charge in [0.15, 0.2) is 4.91 Å². The SMILES string of the molecule is C=CC=C(C(=O)O)S(=O)(=O)c1ccccc1N(CC)CC. The zero-order valence-corrected chi connectivity index (χ0v) is 12.9. The average molecular weight is 309 g/mol. The van der Waals surface area contributed by atoms with Crippen molar-refractivity contribution in [1.29, 1.82) is 0 Å². The second kappa shape index (κ2) is 7.08. The Hall–Kier alpha value is -2.08. The van der Waals surface area contributed by atoms with E-state index in [1.807, 2.05) is 18.7 Å². The topological polar surface area (TPSA) is 74.7 Å². The molecule has 0 fully saturated rings. The highest BCUT2D eigenvalue weighted by molar-refractivity contribution is 7.96. The van der Waals surface area contributed by atoms with Gasteiger partial charge in [0.2, 0.25) is 9.84 Å². The van der Waals surface area contributed by atoms with Crippen molar-refractivity contribution >= 4 is 21.5 Å². The van der Waals surface area contributed by atoms with Crippen molar-refractivity contribution in [3.63, 3.8) is 0 Å². The molecule has 5 nitrogen and oxygen atoms in total. The molecule has 0 bridgehead atoms. The van der Waals surface area contributed by atoms with Crippen LogP contribution in [0.2, 0.25) is 0 Å². The molecule has 1 N–H and O–H groups in total. The molecule has 0 unspecified atom stereocenters. The van der Waals surface area contributed by atoms with Crippen molar-refractivity contribution in [1.82, 2.24) is 0 Å². The molecule has 1 aromatic rings. The maximum Gasteiger partial charge on any atom is 0.347 e. The zero-order valence-electron chi connectivity index (χ0n) is 12.1. The fourth-order valence-corrected chi connectivity index (χ4v) is 3.48. The summed E-state index contributed by atoms with van der Waals surface area (Å²) in [6.45, 7) is 8.42. The lowest BCUT2D eigenvalue weighted by atomic mass is 10.3. The van der Waals surface area contributed by atoms with Crippen molar-refractivity contribution in [3.8, 4) is 0 Å². The van der Waals surface area contributed by atoms with Gasteiger partial charge in [0, 0.05) is 13.1 Å². The van der Waals surface area contributed by atoms with Crippen LogP contribution in [0.25, 0.3) is 0 Å². The number of carboxylic acid groups (broad SMARTS) is 1. The van der Waals surface area contributed by atoms with Crippen LogP contribution < -0.4 is 4.90 Å². The van der Waals surface area contributed by atoms with Gasteiger partial charge in [-0.15, -0.1) is 0 Å². The maximum absolute atomic E-state index is 12.6. The van der Waals surface area contributed by atoms with Crippen molar-refractivity contribution in [2.24, 2.45) is 0 Å². The third-order valence-corrected chi connectivity index (χ3v) is 4.84. The summed E-state index contributed by atoms with van der Waals surface area (Å²) in [6.07, 6.45) is 2.15. The number of carbonyl (C=O) groups is 1. The lowest BCUT2D eigenvalue weighted by Crippen LogP contribution is -2.25. The minimum atomic E-state index is -4.11. The van der Waals surface area contributed by atoms with E-state index in [9.17, 15) is 13.2 Å². The summed E-state index contributed by atoms with van der Waals surface area (Å²) in [5.74, 6) is -1.50. The molecular formula is C15H19NO4S. The number of benzene rings is 1. The first-order valence-corrected chi connectivity index (χ1v) is 8.03. The van der Waals surface area contributed by atoms with Gasteiger partial charge < -0.3 is 10.0 Å². The monoisotopic (exact) mass is 309 g/mol. The van der Waals surface area contributed by atoms with Gasteiger partial charge in [0.25, 0.3) is 0 Å². The third kappa shape index (κ3) is 3.52. The molecular weight excluding hydrogens is 290 g/mol. The first-order chi connectivity index (χ1) is 9.89. The molecule has 0 radical (unpaired) electrons. The van der Waals surface area contributed by atoms with Crippen molar-refractivity contribution in [3.05, 3.63) is 47.9 Å². The molecule has 1 rings (SSSR count). The highest BCUT2D eigenvalue weighted by Gasteiger charge is 2.29. The van der Waals surface area contributed by atoms with Crippen molar-refractivity contribution in [2.45, 2.75) is 18.7 Å². The van der Waals surface area contributed by atoms with Crippen LogP contribution >= 0.6 is 0 Å². The molecule has 0 aliphatic heterocycles. The third-order valence-electron chi connectivity index (χ3n) is 3.03. The van der Waals surface area contributed by atoms with Gasteiger partial charge in [-0.25, -0.2) is 13.2 Å². The van der Waals surface area contributed by atoms with Crippen LogP contribution in [0.5, 0.6) is 0 Å². The Morgan fingerprint density at radius 3 is 2.33 bits per heavy atom. The van der Waals surface area contributed by atoms with Crippen LogP contribution in [0.1, 0.15) is 13.8 Å². The largest absolute Gasteiger partial charge is 0.477 e. The molecule has 21 heavy (non-hydrogen) atoms. The molecule has 0 amide bonds. The minimum Gasteiger partial charge on any atom is -0.477 e. The van der Waals surface area contributed by atoms with Gasteiger partial charge in [-0.1, -0.05) is 24.8 Å². The summed E-state index contributed by atoms with van der Waals surface area (Å²) in [5.41, 5.74) is 0.499. The summed E-state index contributed by atoms with van der Waals surface area (Å²) < 4.78 is 25.2. The number of sulfone groups is 1. The molecule has 0 spiro atoms. The molecule has 0 aromatic heterocycles. The van der Waals surface area contributed by atoms with Crippen LogP contribution in [-0.2, 0) is 14.6 Å². The Bertz CT molecular complexity index is 658. The van der Waals surface area contributed by atoms with Gasteiger partial charge >= 0.3 is 5.97 Å². The van der Waals surface area contributed by atoms with Crippen molar-refractivity contribution in [2.75, 3.05) is 18.0 Å². The Balaban J connectivity index is 3.56. The molecule has 0 atom stereocenters. The van der Waals surface area contributed by atoms with E-state index in [4.69, 9.17) is 5.11 Å². The molecule has 0 saturated carbocycles. The molecule has 0 aliphatic carbocycles. The van der Waals surface area contributed by atoms with Crippen LogP contribution in [-0.4, -0.2) is 32.6 Å². The van der Waals surface area contributed by atoms with E-state index >= 15 is 0 Å². The number of carboxylic acids is 1. The van der Waals surface area contributed by atoms with Crippen LogP contribution in [0.15, 0.2) is 52.8 Å². The number of aliphatic carboxylic acids is 1. The van der Waals surface area contributed by atoms with Crippen LogP contribution in [0.4, 0.5) is 5.69 Å². The number of nitrogens with zero attached hydrogens (tertiary/aromatic N) is 1. The van der Waals surface area contributed by atoms with Gasteiger partial charge in [0.1, 0.15) is 0 Å². The van der Waals surface area contributed by atoms with E-state index in [1.165, 1.54) is 6.07 Å². The highest BCUT2D eigenvalue weighted by atomic mass is 32.2. The predicted molar refractivity (Wildman–Crippen MR) is 83.1 cm³/mol. The lowest BCUT2D eigenvalue weighted by molar-refractivity contribution is -0.131. The second-order valence-corrected chi connectivity index (χ2v) is 6.10. The Morgan fingerprint density at radius 2 is 1.86 bits per heavy atom. The lowest BCUT2D eigenvalue weighted by Gasteiger charge is -2.23. The molecule has 114 valence electrons. The fraction of sp³-hybridized carbons (Fsp3) is 0.267. The zero-order chi connectivity index (χ0) is 16.0. The molecule has 1 aromatic carbocycles. The normalized spacial score (nSPS) is 12.0. The van der Waals surface area contributed by atoms with E-state index < -0.39 is 20.7 Å². The van der Waals surface area contributed by atoms with Crippen LogP contribution in [0.3, 0.4) is 0 Å². The predicted octanol–water partition coefficient (Wildman–Crippen LogP) is 2.46. The molecule has 0 heterocycles. The highest BCUT2D eigenvalue weighted by Crippen LogP contribution is 2.29. The van der Waals surface area contributed by atoms with Gasteiger partial charge in [-0.2, -0.15) is 0 Å². The first-order valence-electron chi connectivity index (χ1n) is 6.55. The van der Waals surface area contributed by atoms with Gasteiger partial charge in [-0.05, 0) is 32.1 Å². The summed E-state index contributed by atoms with van der Waals surface area (Å²) >= 11 is 0. The first kappa shape index (κ1) is 17.0. The fourth-order valence-electron chi connectivity index (χ4n) is 2.01. The van der Waals surface area contributed by atoms with E-state index in [0.29, 0.717) is 18.8 Å². The number of allylic oxidation sites excluding steroid dienone is 2. The van der Waals surface area contributed by atoms with E-state index in [0.717, 1.165) is 12.2 Å². The standard InChI is InChI=1S/C15H19NO4S/c1-4-9-14(15(17)18)21(19,20)13-11-8-7-10-12(13)16(5-2)6-3/h4,7-11H,1,5-6H2,2-3H3,(H,17,18). The van der Waals surface area contributed by atoms with Crippen LogP contribution in [0, 0.1) is 0 Å². The van der Waals surface area contributed by atoms with E-state index in [-0.39, 0.29) is 4.90 Å². The molecule has 0 saturated heterocycles. The average Bonchev–Trinajstić information content (AvgIpc) is 2.46. The van der Waals surface area contributed by atoms with Crippen molar-refractivity contribution < 1.29 is 18.3 Å². The Kier molecular flexibility index (Phi) is 5.72. The Labute approximate surface area is 125 Å². The quantitative estimate of drug-likeness (QED) is 0.618. The molecule has 0 aliphatic rings. The van der Waals surface area contributed by atoms with Gasteiger partial charge in [0.05, 0.1) is 10.6 Å². The summed E-state index contributed by atoms with van der Waals surface area (Å²) in [7, 11) is -4.11. The van der Waals surface area contributed by atoms with E-state index in [2.05, 4.69) is 6.58 Å². The minimum absolute atomic E-state index is 0.01000. The molecule has 6 heteroatoms. The Morgan fingerprint density at radius 1 is 1.29 bits per heavy atom. The second-order valence-electron chi connectivity index (χ2n) is 4.22. The number of hydrogen-bond acceptors (Lipinski definition) is 4. The number of anilines is 1. The van der Waals surface area contributed by atoms with E-state index in [1.54, 1.807) is 18.2 Å². The number of rotatable bonds is 7. The summed E-state index contributed by atoms with van der Waals surface area (Å²) in [6, 6.07) is 6.40. The number of hydrogen-bond donors (Lipinski definition) is 1. The number of para-hydroxylation sites is 1.